The Balaban J connectivity index is 0.000000281. The molecule has 0 atom stereocenters. The first-order chi connectivity index (χ1) is 19.7. The summed E-state index contributed by atoms with van der Waals surface area (Å²) in [6.45, 7) is 4.10. The van der Waals surface area contributed by atoms with Gasteiger partial charge >= 0.3 is 21.6 Å². The largest absolute Gasteiger partial charge is 0.523 e. The standard InChI is InChI=1S/C19H17NO4.C8H10O.C2H3F3O3S/c1-13-3-2-4-15(11-13)12-14-5-7-16(8-6-14)19(23)24-20-17(21)9-10-18(20)22;1-7-3-5-8(9-2)6-4-7;1-8-9(6,7)2(3,4)5/h2-8,11H,9-10,12H2,1H3;3-6H,1-2H3;1H3. The summed E-state index contributed by atoms with van der Waals surface area (Å²) in [5.74, 6) is -0.754. The predicted octanol–water partition coefficient (Wildman–Crippen LogP) is 5.29. The van der Waals surface area contributed by atoms with Crippen LogP contribution in [0.15, 0.2) is 72.8 Å². The molecule has 1 heterocycles. The number of amides is 2. The van der Waals surface area contributed by atoms with E-state index in [9.17, 15) is 36.0 Å². The second kappa shape index (κ2) is 15.1. The molecule has 0 saturated carbocycles. The number of ether oxygens (including phenoxy) is 1. The van der Waals surface area contributed by atoms with Gasteiger partial charge in [-0.2, -0.15) is 21.6 Å². The molecule has 1 fully saturated rings. The number of halogens is 3. The number of hydrogen-bond acceptors (Lipinski definition) is 8. The SMILES string of the molecule is COS(=O)(=O)C(F)(F)F.COc1ccc(C)cc1.Cc1cccc(Cc2ccc(C(=O)ON3C(=O)CCC3=O)cc2)c1. The summed E-state index contributed by atoms with van der Waals surface area (Å²) in [5, 5.41) is 0.559. The molecular weight excluding hydrogens is 579 g/mol. The van der Waals surface area contributed by atoms with E-state index < -0.39 is 33.4 Å². The van der Waals surface area contributed by atoms with Crippen molar-refractivity contribution in [2.24, 2.45) is 0 Å². The van der Waals surface area contributed by atoms with Crippen molar-refractivity contribution in [2.45, 2.75) is 38.6 Å². The molecule has 1 saturated heterocycles. The maximum atomic E-state index is 12.0. The summed E-state index contributed by atoms with van der Waals surface area (Å²) >= 11 is 0. The van der Waals surface area contributed by atoms with Gasteiger partial charge in [-0.25, -0.2) is 4.79 Å². The van der Waals surface area contributed by atoms with Gasteiger partial charge in [-0.15, -0.1) is 5.06 Å². The van der Waals surface area contributed by atoms with E-state index in [1.807, 2.05) is 55.5 Å². The first kappa shape index (κ1) is 34.0. The average Bonchev–Trinajstić information content (AvgIpc) is 3.26. The molecule has 0 aliphatic carbocycles. The number of carbonyl (C=O) groups excluding carboxylic acids is 3. The van der Waals surface area contributed by atoms with Crippen LogP contribution in [0.25, 0.3) is 0 Å². The van der Waals surface area contributed by atoms with Crippen LogP contribution in [-0.4, -0.2) is 51.0 Å². The summed E-state index contributed by atoms with van der Waals surface area (Å²) in [6.07, 6.45) is 0.934. The third-order valence-electron chi connectivity index (χ3n) is 5.62. The minimum atomic E-state index is -5.34. The first-order valence-electron chi connectivity index (χ1n) is 12.4. The van der Waals surface area contributed by atoms with E-state index in [-0.39, 0.29) is 12.8 Å². The summed E-state index contributed by atoms with van der Waals surface area (Å²) in [4.78, 5) is 39.9. The van der Waals surface area contributed by atoms with Crippen molar-refractivity contribution < 1.29 is 49.7 Å². The minimum Gasteiger partial charge on any atom is -0.497 e. The van der Waals surface area contributed by atoms with Gasteiger partial charge in [-0.1, -0.05) is 59.7 Å². The quantitative estimate of drug-likeness (QED) is 0.210. The summed E-state index contributed by atoms with van der Waals surface area (Å²) in [7, 11) is -3.22. The number of carbonyl (C=O) groups is 3. The maximum absolute atomic E-state index is 12.0. The molecule has 9 nitrogen and oxygen atoms in total. The maximum Gasteiger partial charge on any atom is 0.523 e. The van der Waals surface area contributed by atoms with E-state index in [4.69, 9.17) is 9.57 Å². The minimum absolute atomic E-state index is 0.0849. The second-order valence-corrected chi connectivity index (χ2v) is 10.6. The molecule has 42 heavy (non-hydrogen) atoms. The van der Waals surface area contributed by atoms with Crippen molar-refractivity contribution in [1.29, 1.82) is 0 Å². The number of imide groups is 1. The van der Waals surface area contributed by atoms with Crippen molar-refractivity contribution in [3.05, 3.63) is 101 Å². The fourth-order valence-corrected chi connectivity index (χ4v) is 3.57. The summed E-state index contributed by atoms with van der Waals surface area (Å²) in [6, 6.07) is 23.1. The Morgan fingerprint density at radius 1 is 0.833 bits per heavy atom. The number of hydroxylamine groups is 2. The molecule has 0 spiro atoms. The van der Waals surface area contributed by atoms with Crippen molar-refractivity contribution >= 4 is 27.9 Å². The van der Waals surface area contributed by atoms with Gasteiger partial charge in [0.2, 0.25) is 0 Å². The normalized spacial score (nSPS) is 13.0. The van der Waals surface area contributed by atoms with Gasteiger partial charge < -0.3 is 9.57 Å². The van der Waals surface area contributed by atoms with Crippen molar-refractivity contribution in [1.82, 2.24) is 5.06 Å². The van der Waals surface area contributed by atoms with E-state index >= 15 is 0 Å². The highest BCUT2D eigenvalue weighted by molar-refractivity contribution is 7.87. The number of nitrogens with zero attached hydrogens (tertiary/aromatic N) is 1. The Morgan fingerprint density at radius 3 is 1.86 bits per heavy atom. The van der Waals surface area contributed by atoms with Gasteiger partial charge in [0.15, 0.2) is 0 Å². The van der Waals surface area contributed by atoms with Crippen LogP contribution < -0.4 is 4.74 Å². The molecule has 3 aromatic rings. The van der Waals surface area contributed by atoms with Gasteiger partial charge in [0.25, 0.3) is 11.8 Å². The van der Waals surface area contributed by atoms with Crippen LogP contribution in [0, 0.1) is 13.8 Å². The Morgan fingerprint density at radius 2 is 1.40 bits per heavy atom. The van der Waals surface area contributed by atoms with Crippen LogP contribution in [-0.2, 0) is 35.1 Å². The molecule has 0 N–H and O–H groups in total. The first-order valence-corrected chi connectivity index (χ1v) is 13.8. The van der Waals surface area contributed by atoms with Gasteiger partial charge in [0, 0.05) is 12.8 Å². The molecule has 0 bridgehead atoms. The van der Waals surface area contributed by atoms with E-state index in [2.05, 4.69) is 23.2 Å². The third-order valence-corrected chi connectivity index (χ3v) is 6.63. The number of alkyl halides is 3. The van der Waals surface area contributed by atoms with E-state index in [0.29, 0.717) is 17.7 Å². The molecule has 226 valence electrons. The lowest BCUT2D eigenvalue weighted by atomic mass is 10.0. The van der Waals surface area contributed by atoms with Crippen LogP contribution >= 0.6 is 0 Å². The van der Waals surface area contributed by atoms with Gasteiger partial charge in [0.1, 0.15) is 5.75 Å². The van der Waals surface area contributed by atoms with E-state index in [1.54, 1.807) is 19.2 Å². The molecule has 4 rings (SSSR count). The molecule has 2 amide bonds. The van der Waals surface area contributed by atoms with Gasteiger partial charge in [0.05, 0.1) is 19.8 Å². The van der Waals surface area contributed by atoms with Crippen LogP contribution in [0.2, 0.25) is 0 Å². The van der Waals surface area contributed by atoms with Crippen LogP contribution in [0.4, 0.5) is 13.2 Å². The van der Waals surface area contributed by atoms with Crippen LogP contribution in [0.3, 0.4) is 0 Å². The third kappa shape index (κ3) is 10.3. The molecular formula is C29H30F3NO8S. The van der Waals surface area contributed by atoms with Crippen molar-refractivity contribution in [3.63, 3.8) is 0 Å². The lowest BCUT2D eigenvalue weighted by Crippen LogP contribution is -2.32. The molecule has 0 aromatic heterocycles. The predicted molar refractivity (Wildman–Crippen MR) is 147 cm³/mol. The smallest absolute Gasteiger partial charge is 0.497 e. The lowest BCUT2D eigenvalue weighted by molar-refractivity contribution is -0.172. The highest BCUT2D eigenvalue weighted by Crippen LogP contribution is 2.23. The molecule has 1 aliphatic heterocycles. The lowest BCUT2D eigenvalue weighted by Gasteiger charge is -2.12. The van der Waals surface area contributed by atoms with E-state index in [1.165, 1.54) is 16.7 Å². The number of aryl methyl sites for hydroxylation is 2. The fraction of sp³-hybridized carbons (Fsp3) is 0.276. The average molecular weight is 610 g/mol. The number of hydrogen-bond donors (Lipinski definition) is 0. The van der Waals surface area contributed by atoms with Gasteiger partial charge in [-0.3, -0.25) is 13.8 Å². The highest BCUT2D eigenvalue weighted by Gasteiger charge is 2.46. The highest BCUT2D eigenvalue weighted by atomic mass is 32.2. The van der Waals surface area contributed by atoms with E-state index in [0.717, 1.165) is 17.7 Å². The number of benzene rings is 3. The molecule has 1 aliphatic rings. The topological polar surface area (TPSA) is 116 Å². The zero-order valence-electron chi connectivity index (χ0n) is 23.3. The summed E-state index contributed by atoms with van der Waals surface area (Å²) < 4.78 is 60.8. The monoisotopic (exact) mass is 609 g/mol. The Labute approximate surface area is 241 Å². The zero-order chi connectivity index (χ0) is 31.5. The number of methoxy groups -OCH3 is 1. The zero-order valence-corrected chi connectivity index (χ0v) is 24.1. The molecule has 13 heteroatoms. The Bertz CT molecular complexity index is 1460. The van der Waals surface area contributed by atoms with Crippen LogP contribution in [0.5, 0.6) is 5.75 Å². The molecule has 0 radical (unpaired) electrons. The van der Waals surface area contributed by atoms with Crippen molar-refractivity contribution in [2.75, 3.05) is 14.2 Å². The molecule has 3 aromatic carbocycles. The fourth-order valence-electron chi connectivity index (χ4n) is 3.38. The Hall–Kier alpha value is -4.23. The summed E-state index contributed by atoms with van der Waals surface area (Å²) in [5.41, 5.74) is -0.287. The van der Waals surface area contributed by atoms with Gasteiger partial charge in [-0.05, 0) is 55.7 Å². The number of rotatable bonds is 6. The second-order valence-electron chi connectivity index (χ2n) is 8.91. The van der Waals surface area contributed by atoms with Crippen LogP contribution in [0.1, 0.15) is 45.5 Å². The Kier molecular flexibility index (Phi) is 12.2. The molecule has 0 unspecified atom stereocenters. The van der Waals surface area contributed by atoms with Crippen molar-refractivity contribution in [3.8, 4) is 5.75 Å².